The van der Waals surface area contributed by atoms with Gasteiger partial charge in [-0.1, -0.05) is 29.8 Å². The van der Waals surface area contributed by atoms with E-state index in [0.29, 0.717) is 46.3 Å². The van der Waals surface area contributed by atoms with Gasteiger partial charge in [-0.05, 0) is 41.8 Å². The van der Waals surface area contributed by atoms with Gasteiger partial charge in [0.25, 0.3) is 0 Å². The SMILES string of the molecule is COc1ccc(CCNc2c(-c3ccc(Cl)cc3)c(=O)c2=O)cc1OC. The largest absolute Gasteiger partial charge is 0.493 e. The summed E-state index contributed by atoms with van der Waals surface area (Å²) in [6.07, 6.45) is 0.666. The first-order chi connectivity index (χ1) is 12.5. The Morgan fingerprint density at radius 3 is 2.27 bits per heavy atom. The second-order valence-electron chi connectivity index (χ2n) is 5.78. The molecule has 0 aliphatic carbocycles. The molecule has 0 fully saturated rings. The third-order valence-electron chi connectivity index (χ3n) is 4.21. The quantitative estimate of drug-likeness (QED) is 0.646. The Balaban J connectivity index is 1.72. The molecule has 6 heteroatoms. The van der Waals surface area contributed by atoms with Gasteiger partial charge in [0.05, 0.1) is 25.5 Å². The number of ether oxygens (including phenoxy) is 2. The molecule has 0 saturated heterocycles. The number of halogens is 1. The number of anilines is 1. The van der Waals surface area contributed by atoms with Gasteiger partial charge in [-0.3, -0.25) is 9.59 Å². The topological polar surface area (TPSA) is 64.6 Å². The van der Waals surface area contributed by atoms with Crippen LogP contribution in [0.15, 0.2) is 52.1 Å². The van der Waals surface area contributed by atoms with Crippen LogP contribution in [0.2, 0.25) is 5.02 Å². The van der Waals surface area contributed by atoms with Gasteiger partial charge < -0.3 is 14.8 Å². The zero-order valence-corrected chi connectivity index (χ0v) is 15.2. The monoisotopic (exact) mass is 371 g/mol. The normalized spacial score (nSPS) is 10.7. The summed E-state index contributed by atoms with van der Waals surface area (Å²) in [4.78, 5) is 23.8. The molecule has 1 N–H and O–H groups in total. The van der Waals surface area contributed by atoms with Crippen molar-refractivity contribution in [2.45, 2.75) is 6.42 Å². The molecule has 0 bridgehead atoms. The van der Waals surface area contributed by atoms with Crippen LogP contribution in [-0.4, -0.2) is 20.8 Å². The second kappa shape index (κ2) is 7.62. The third-order valence-corrected chi connectivity index (χ3v) is 4.46. The molecule has 0 aliphatic heterocycles. The van der Waals surface area contributed by atoms with E-state index in [0.717, 1.165) is 5.56 Å². The fraction of sp³-hybridized carbons (Fsp3) is 0.200. The predicted octanol–water partition coefficient (Wildman–Crippen LogP) is 3.27. The molecule has 0 unspecified atom stereocenters. The molecule has 0 saturated carbocycles. The Morgan fingerprint density at radius 1 is 0.923 bits per heavy atom. The van der Waals surface area contributed by atoms with Gasteiger partial charge in [0.15, 0.2) is 11.5 Å². The highest BCUT2D eigenvalue weighted by Crippen LogP contribution is 2.28. The molecular weight excluding hydrogens is 354 g/mol. The molecular formula is C20H18ClNO4. The fourth-order valence-corrected chi connectivity index (χ4v) is 2.95. The maximum Gasteiger partial charge on any atom is 0.250 e. The zero-order chi connectivity index (χ0) is 18.7. The Hall–Kier alpha value is -2.79. The van der Waals surface area contributed by atoms with Crippen molar-refractivity contribution in [1.29, 1.82) is 0 Å². The van der Waals surface area contributed by atoms with Gasteiger partial charge >= 0.3 is 0 Å². The van der Waals surface area contributed by atoms with E-state index >= 15 is 0 Å². The van der Waals surface area contributed by atoms with E-state index < -0.39 is 10.9 Å². The highest BCUT2D eigenvalue weighted by Gasteiger charge is 2.21. The molecule has 0 spiro atoms. The molecule has 5 nitrogen and oxygen atoms in total. The number of hydrogen-bond acceptors (Lipinski definition) is 5. The predicted molar refractivity (Wildman–Crippen MR) is 104 cm³/mol. The Bertz CT molecular complexity index is 988. The minimum Gasteiger partial charge on any atom is -0.493 e. The highest BCUT2D eigenvalue weighted by molar-refractivity contribution is 6.30. The molecule has 3 aromatic rings. The van der Waals surface area contributed by atoms with Crippen LogP contribution in [0.1, 0.15) is 5.56 Å². The van der Waals surface area contributed by atoms with Crippen LogP contribution in [0.4, 0.5) is 5.69 Å². The van der Waals surface area contributed by atoms with Gasteiger partial charge in [-0.25, -0.2) is 0 Å². The fourth-order valence-electron chi connectivity index (χ4n) is 2.82. The minimum atomic E-state index is -0.484. The van der Waals surface area contributed by atoms with Gasteiger partial charge in [-0.15, -0.1) is 0 Å². The Kier molecular flexibility index (Phi) is 5.28. The van der Waals surface area contributed by atoms with Gasteiger partial charge in [0.2, 0.25) is 10.9 Å². The summed E-state index contributed by atoms with van der Waals surface area (Å²) in [6, 6.07) is 12.5. The van der Waals surface area contributed by atoms with E-state index in [9.17, 15) is 9.59 Å². The number of nitrogens with one attached hydrogen (secondary N) is 1. The lowest BCUT2D eigenvalue weighted by molar-refractivity contribution is 0.354. The lowest BCUT2D eigenvalue weighted by Crippen LogP contribution is -2.36. The Labute approximate surface area is 155 Å². The van der Waals surface area contributed by atoms with Crippen LogP contribution < -0.4 is 25.6 Å². The number of rotatable bonds is 7. The van der Waals surface area contributed by atoms with Crippen LogP contribution in [0.3, 0.4) is 0 Å². The van der Waals surface area contributed by atoms with Crippen molar-refractivity contribution in [2.75, 3.05) is 26.1 Å². The van der Waals surface area contributed by atoms with Gasteiger partial charge in [0, 0.05) is 11.6 Å². The summed E-state index contributed by atoms with van der Waals surface area (Å²) in [6.45, 7) is 0.515. The van der Waals surface area contributed by atoms with Crippen molar-refractivity contribution in [1.82, 2.24) is 0 Å². The van der Waals surface area contributed by atoms with Gasteiger partial charge in [-0.2, -0.15) is 0 Å². The first kappa shape index (κ1) is 18.0. The molecule has 0 radical (unpaired) electrons. The summed E-state index contributed by atoms with van der Waals surface area (Å²) in [7, 11) is 3.17. The van der Waals surface area contributed by atoms with Crippen molar-refractivity contribution in [3.8, 4) is 22.6 Å². The first-order valence-corrected chi connectivity index (χ1v) is 8.47. The molecule has 0 aromatic heterocycles. The molecule has 26 heavy (non-hydrogen) atoms. The summed E-state index contributed by atoms with van der Waals surface area (Å²) in [5, 5.41) is 3.66. The number of methoxy groups -OCH3 is 2. The van der Waals surface area contributed by atoms with Crippen molar-refractivity contribution < 1.29 is 9.47 Å². The first-order valence-electron chi connectivity index (χ1n) is 8.09. The molecule has 0 atom stereocenters. The molecule has 0 amide bonds. The van der Waals surface area contributed by atoms with E-state index in [-0.39, 0.29) is 0 Å². The molecule has 3 aromatic carbocycles. The van der Waals surface area contributed by atoms with Crippen LogP contribution in [-0.2, 0) is 6.42 Å². The van der Waals surface area contributed by atoms with Crippen molar-refractivity contribution in [2.24, 2.45) is 0 Å². The average molecular weight is 372 g/mol. The molecule has 134 valence electrons. The van der Waals surface area contributed by atoms with Gasteiger partial charge in [0.1, 0.15) is 0 Å². The lowest BCUT2D eigenvalue weighted by atomic mass is 9.98. The number of hydrogen-bond donors (Lipinski definition) is 1. The van der Waals surface area contributed by atoms with Crippen LogP contribution in [0, 0.1) is 0 Å². The van der Waals surface area contributed by atoms with E-state index in [2.05, 4.69) is 5.32 Å². The summed E-state index contributed by atoms with van der Waals surface area (Å²) in [5.74, 6) is 1.32. The van der Waals surface area contributed by atoms with Crippen LogP contribution in [0.25, 0.3) is 11.1 Å². The highest BCUT2D eigenvalue weighted by atomic mass is 35.5. The molecule has 0 heterocycles. The summed E-state index contributed by atoms with van der Waals surface area (Å²) >= 11 is 5.87. The standard InChI is InChI=1S/C20H18ClNO4/c1-25-15-8-3-12(11-16(15)26-2)9-10-22-18-17(19(23)20(18)24)13-4-6-14(21)7-5-13/h3-8,11,22H,9-10H2,1-2H3. The van der Waals surface area contributed by atoms with E-state index in [4.69, 9.17) is 21.1 Å². The van der Waals surface area contributed by atoms with E-state index in [1.807, 2.05) is 18.2 Å². The maximum atomic E-state index is 11.9. The third kappa shape index (κ3) is 3.44. The lowest BCUT2D eigenvalue weighted by Gasteiger charge is -2.14. The van der Waals surface area contributed by atoms with Crippen molar-refractivity contribution in [3.05, 3.63) is 73.5 Å². The summed E-state index contributed by atoms with van der Waals surface area (Å²) < 4.78 is 10.5. The zero-order valence-electron chi connectivity index (χ0n) is 14.5. The smallest absolute Gasteiger partial charge is 0.250 e. The van der Waals surface area contributed by atoms with E-state index in [1.165, 1.54) is 0 Å². The van der Waals surface area contributed by atoms with Crippen LogP contribution >= 0.6 is 11.6 Å². The molecule has 3 rings (SSSR count). The summed E-state index contributed by atoms with van der Waals surface area (Å²) in [5.41, 5.74) is 1.54. The average Bonchev–Trinajstić information content (AvgIpc) is 2.67. The maximum absolute atomic E-state index is 11.9. The van der Waals surface area contributed by atoms with E-state index in [1.54, 1.807) is 38.5 Å². The van der Waals surface area contributed by atoms with Crippen molar-refractivity contribution in [3.63, 3.8) is 0 Å². The Morgan fingerprint density at radius 2 is 1.62 bits per heavy atom. The van der Waals surface area contributed by atoms with Crippen LogP contribution in [0.5, 0.6) is 11.5 Å². The second-order valence-corrected chi connectivity index (χ2v) is 6.22. The molecule has 0 aliphatic rings. The van der Waals surface area contributed by atoms with Crippen molar-refractivity contribution >= 4 is 17.3 Å². The number of benzene rings is 2. The minimum absolute atomic E-state index is 0.359.